The molecule has 5 nitrogen and oxygen atoms in total. The van der Waals surface area contributed by atoms with Crippen LogP contribution < -0.4 is 15.6 Å². The summed E-state index contributed by atoms with van der Waals surface area (Å²) in [4.78, 5) is 15.0. The fourth-order valence-electron chi connectivity index (χ4n) is 2.06. The molecule has 2 aromatic rings. The van der Waals surface area contributed by atoms with Gasteiger partial charge in [0.2, 0.25) is 0 Å². The second kappa shape index (κ2) is 7.61. The standard InChI is InChI=1S/C16H20N2O3/c1-20-10-9-17-11-12-7-8-14(18-16(12)19)13-5-3-4-6-15(13)21-2/h3-8,17H,9-11H2,1-2H3,(H,18,19). The fourth-order valence-corrected chi connectivity index (χ4v) is 2.06. The summed E-state index contributed by atoms with van der Waals surface area (Å²) in [5.74, 6) is 0.735. The van der Waals surface area contributed by atoms with Crippen LogP contribution in [0.4, 0.5) is 0 Å². The van der Waals surface area contributed by atoms with Crippen molar-refractivity contribution in [3.63, 3.8) is 0 Å². The predicted octanol–water partition coefficient (Wildman–Crippen LogP) is 1.79. The van der Waals surface area contributed by atoms with Crippen LogP contribution in [0.15, 0.2) is 41.2 Å². The van der Waals surface area contributed by atoms with Crippen LogP contribution in [0.3, 0.4) is 0 Å². The first-order valence-corrected chi connectivity index (χ1v) is 6.81. The third-order valence-electron chi connectivity index (χ3n) is 3.19. The Morgan fingerprint density at radius 2 is 1.95 bits per heavy atom. The zero-order valence-corrected chi connectivity index (χ0v) is 12.3. The summed E-state index contributed by atoms with van der Waals surface area (Å²) in [5, 5.41) is 3.16. The van der Waals surface area contributed by atoms with Crippen LogP contribution in [-0.4, -0.2) is 32.4 Å². The Labute approximate surface area is 123 Å². The van der Waals surface area contributed by atoms with E-state index in [9.17, 15) is 4.79 Å². The Balaban J connectivity index is 2.17. The molecule has 0 saturated heterocycles. The number of benzene rings is 1. The number of para-hydroxylation sites is 1. The molecule has 1 aromatic carbocycles. The van der Waals surface area contributed by atoms with Crippen LogP contribution in [0.1, 0.15) is 5.56 Å². The van der Waals surface area contributed by atoms with Gasteiger partial charge in [-0.1, -0.05) is 18.2 Å². The van der Waals surface area contributed by atoms with Crippen LogP contribution in [0, 0.1) is 0 Å². The van der Waals surface area contributed by atoms with E-state index in [2.05, 4.69) is 10.3 Å². The van der Waals surface area contributed by atoms with E-state index >= 15 is 0 Å². The van der Waals surface area contributed by atoms with Gasteiger partial charge in [0.15, 0.2) is 0 Å². The van der Waals surface area contributed by atoms with Crippen LogP contribution in [0.25, 0.3) is 11.3 Å². The molecule has 1 heterocycles. The summed E-state index contributed by atoms with van der Waals surface area (Å²) in [5.41, 5.74) is 2.22. The molecule has 0 aliphatic rings. The van der Waals surface area contributed by atoms with Crippen molar-refractivity contribution < 1.29 is 9.47 Å². The molecule has 21 heavy (non-hydrogen) atoms. The highest BCUT2D eigenvalue weighted by Crippen LogP contribution is 2.27. The van der Waals surface area contributed by atoms with E-state index in [1.54, 1.807) is 14.2 Å². The number of methoxy groups -OCH3 is 2. The van der Waals surface area contributed by atoms with Gasteiger partial charge in [-0.15, -0.1) is 0 Å². The summed E-state index contributed by atoms with van der Waals surface area (Å²) < 4.78 is 10.3. The summed E-state index contributed by atoms with van der Waals surface area (Å²) in [6, 6.07) is 11.3. The van der Waals surface area contributed by atoms with Crippen molar-refractivity contribution in [2.75, 3.05) is 27.4 Å². The van der Waals surface area contributed by atoms with E-state index < -0.39 is 0 Å². The van der Waals surface area contributed by atoms with Crippen molar-refractivity contribution in [2.24, 2.45) is 0 Å². The second-order valence-electron chi connectivity index (χ2n) is 4.60. The van der Waals surface area contributed by atoms with Gasteiger partial charge in [0.1, 0.15) is 5.75 Å². The third kappa shape index (κ3) is 3.93. The Bertz CT molecular complexity index is 637. The number of aromatic nitrogens is 1. The van der Waals surface area contributed by atoms with Crippen LogP contribution in [-0.2, 0) is 11.3 Å². The lowest BCUT2D eigenvalue weighted by molar-refractivity contribution is 0.199. The van der Waals surface area contributed by atoms with Gasteiger partial charge in [-0.05, 0) is 18.2 Å². The topological polar surface area (TPSA) is 63.4 Å². The van der Waals surface area contributed by atoms with E-state index in [0.29, 0.717) is 25.3 Å². The number of hydrogen-bond acceptors (Lipinski definition) is 4. The minimum Gasteiger partial charge on any atom is -0.496 e. The monoisotopic (exact) mass is 288 g/mol. The maximum Gasteiger partial charge on any atom is 0.252 e. The van der Waals surface area contributed by atoms with Crippen LogP contribution in [0.2, 0.25) is 0 Å². The zero-order valence-electron chi connectivity index (χ0n) is 12.3. The molecule has 0 atom stereocenters. The highest BCUT2D eigenvalue weighted by atomic mass is 16.5. The van der Waals surface area contributed by atoms with Gasteiger partial charge in [0.25, 0.3) is 5.56 Å². The molecule has 2 rings (SSSR count). The van der Waals surface area contributed by atoms with Gasteiger partial charge < -0.3 is 19.8 Å². The minimum absolute atomic E-state index is 0.0941. The lowest BCUT2D eigenvalue weighted by Crippen LogP contribution is -2.23. The molecule has 0 aliphatic carbocycles. The normalized spacial score (nSPS) is 10.6. The quantitative estimate of drug-likeness (QED) is 0.762. The number of aromatic amines is 1. The number of H-pyrrole nitrogens is 1. The average Bonchev–Trinajstić information content (AvgIpc) is 2.52. The molecule has 0 spiro atoms. The molecule has 0 amide bonds. The third-order valence-corrected chi connectivity index (χ3v) is 3.19. The highest BCUT2D eigenvalue weighted by molar-refractivity contribution is 5.66. The summed E-state index contributed by atoms with van der Waals surface area (Å²) in [6.07, 6.45) is 0. The molecule has 112 valence electrons. The molecule has 0 aliphatic heterocycles. The minimum atomic E-state index is -0.0941. The SMILES string of the molecule is COCCNCc1ccc(-c2ccccc2OC)[nH]c1=O. The maximum absolute atomic E-state index is 12.1. The Morgan fingerprint density at radius 1 is 1.14 bits per heavy atom. The van der Waals surface area contributed by atoms with E-state index in [1.807, 2.05) is 36.4 Å². The predicted molar refractivity (Wildman–Crippen MR) is 82.6 cm³/mol. The van der Waals surface area contributed by atoms with Crippen molar-refractivity contribution in [1.82, 2.24) is 10.3 Å². The van der Waals surface area contributed by atoms with E-state index in [4.69, 9.17) is 9.47 Å². The van der Waals surface area contributed by atoms with Crippen molar-refractivity contribution >= 4 is 0 Å². The second-order valence-corrected chi connectivity index (χ2v) is 4.60. The number of ether oxygens (including phenoxy) is 2. The molecule has 2 N–H and O–H groups in total. The summed E-state index contributed by atoms with van der Waals surface area (Å²) in [6.45, 7) is 1.85. The van der Waals surface area contributed by atoms with Crippen molar-refractivity contribution in [2.45, 2.75) is 6.54 Å². The molecule has 0 fully saturated rings. The van der Waals surface area contributed by atoms with Crippen LogP contribution >= 0.6 is 0 Å². The molecule has 0 radical (unpaired) electrons. The van der Waals surface area contributed by atoms with Gasteiger partial charge in [-0.25, -0.2) is 0 Å². The van der Waals surface area contributed by atoms with E-state index in [0.717, 1.165) is 17.0 Å². The number of hydrogen-bond donors (Lipinski definition) is 2. The van der Waals surface area contributed by atoms with Crippen molar-refractivity contribution in [3.05, 3.63) is 52.3 Å². The number of nitrogens with one attached hydrogen (secondary N) is 2. The lowest BCUT2D eigenvalue weighted by atomic mass is 10.1. The Hall–Kier alpha value is -2.11. The first kappa shape index (κ1) is 15.3. The fraction of sp³-hybridized carbons (Fsp3) is 0.312. The smallest absolute Gasteiger partial charge is 0.252 e. The zero-order chi connectivity index (χ0) is 15.1. The van der Waals surface area contributed by atoms with E-state index in [1.165, 1.54) is 0 Å². The molecule has 0 saturated carbocycles. The first-order chi connectivity index (χ1) is 10.3. The van der Waals surface area contributed by atoms with E-state index in [-0.39, 0.29) is 5.56 Å². The maximum atomic E-state index is 12.1. The molecule has 1 aromatic heterocycles. The molecule has 0 unspecified atom stereocenters. The molecule has 5 heteroatoms. The lowest BCUT2D eigenvalue weighted by Gasteiger charge is -2.09. The molecular weight excluding hydrogens is 268 g/mol. The first-order valence-electron chi connectivity index (χ1n) is 6.81. The Morgan fingerprint density at radius 3 is 2.67 bits per heavy atom. The summed E-state index contributed by atoms with van der Waals surface area (Å²) in [7, 11) is 3.27. The number of rotatable bonds is 7. The van der Waals surface area contributed by atoms with Gasteiger partial charge >= 0.3 is 0 Å². The average molecular weight is 288 g/mol. The van der Waals surface area contributed by atoms with Crippen LogP contribution in [0.5, 0.6) is 5.75 Å². The number of pyridine rings is 1. The van der Waals surface area contributed by atoms with Gasteiger partial charge in [0, 0.05) is 31.3 Å². The Kier molecular flexibility index (Phi) is 5.54. The van der Waals surface area contributed by atoms with Crippen molar-refractivity contribution in [3.8, 4) is 17.0 Å². The highest BCUT2D eigenvalue weighted by Gasteiger charge is 2.07. The molecular formula is C16H20N2O3. The van der Waals surface area contributed by atoms with Gasteiger partial charge in [0.05, 0.1) is 19.4 Å². The van der Waals surface area contributed by atoms with Crippen molar-refractivity contribution in [1.29, 1.82) is 0 Å². The largest absolute Gasteiger partial charge is 0.496 e. The van der Waals surface area contributed by atoms with Gasteiger partial charge in [-0.2, -0.15) is 0 Å². The van der Waals surface area contributed by atoms with Gasteiger partial charge in [-0.3, -0.25) is 4.79 Å². The summed E-state index contributed by atoms with van der Waals surface area (Å²) >= 11 is 0. The molecule has 0 bridgehead atoms.